The van der Waals surface area contributed by atoms with E-state index in [1.54, 1.807) is 7.11 Å². The first-order valence-electron chi connectivity index (χ1n) is 6.20. The summed E-state index contributed by atoms with van der Waals surface area (Å²) in [6.07, 6.45) is 2.12. The summed E-state index contributed by atoms with van der Waals surface area (Å²) in [5, 5.41) is 0. The van der Waals surface area contributed by atoms with E-state index in [1.165, 1.54) is 5.56 Å². The molecule has 17 heavy (non-hydrogen) atoms. The van der Waals surface area contributed by atoms with Gasteiger partial charge in [0.1, 0.15) is 5.75 Å². The lowest BCUT2D eigenvalue weighted by molar-refractivity contribution is 0.255. The summed E-state index contributed by atoms with van der Waals surface area (Å²) in [7, 11) is 3.85. The molecule has 0 aliphatic heterocycles. The first kappa shape index (κ1) is 14.0. The molecule has 96 valence electrons. The van der Waals surface area contributed by atoms with Gasteiger partial charge in [-0.25, -0.2) is 0 Å². The molecule has 1 aromatic rings. The van der Waals surface area contributed by atoms with E-state index in [4.69, 9.17) is 10.5 Å². The zero-order valence-electron chi connectivity index (χ0n) is 11.1. The maximum atomic E-state index is 5.52. The Kier molecular flexibility index (Phi) is 6.01. The molecule has 1 rings (SSSR count). The molecular formula is C14H24N2O. The summed E-state index contributed by atoms with van der Waals surface area (Å²) in [4.78, 5) is 2.36. The molecule has 1 unspecified atom stereocenters. The van der Waals surface area contributed by atoms with Crippen LogP contribution in [0.2, 0.25) is 0 Å². The van der Waals surface area contributed by atoms with Gasteiger partial charge in [-0.3, -0.25) is 0 Å². The van der Waals surface area contributed by atoms with Gasteiger partial charge in [0, 0.05) is 6.04 Å². The van der Waals surface area contributed by atoms with E-state index < -0.39 is 0 Å². The minimum Gasteiger partial charge on any atom is -0.497 e. The van der Waals surface area contributed by atoms with Crippen molar-refractivity contribution in [3.05, 3.63) is 29.8 Å². The lowest BCUT2D eigenvalue weighted by atomic mass is 10.1. The number of nitrogens with two attached hydrogens (primary N) is 1. The Labute approximate surface area is 105 Å². The quantitative estimate of drug-likeness (QED) is 0.786. The number of nitrogens with zero attached hydrogens (tertiary/aromatic N) is 1. The van der Waals surface area contributed by atoms with E-state index in [2.05, 4.69) is 31.0 Å². The van der Waals surface area contributed by atoms with Crippen LogP contribution in [0.3, 0.4) is 0 Å². The van der Waals surface area contributed by atoms with Gasteiger partial charge < -0.3 is 15.4 Å². The van der Waals surface area contributed by atoms with Crippen LogP contribution in [0.4, 0.5) is 0 Å². The predicted octanol–water partition coefficient (Wildman–Crippen LogP) is 1.91. The van der Waals surface area contributed by atoms with Crippen LogP contribution in [-0.4, -0.2) is 38.2 Å². The first-order valence-corrected chi connectivity index (χ1v) is 6.20. The molecule has 0 amide bonds. The van der Waals surface area contributed by atoms with Gasteiger partial charge in [-0.05, 0) is 57.6 Å². The molecule has 0 bridgehead atoms. The Morgan fingerprint density at radius 1 is 1.29 bits per heavy atom. The van der Waals surface area contributed by atoms with Crippen LogP contribution >= 0.6 is 0 Å². The third kappa shape index (κ3) is 4.75. The molecule has 0 fully saturated rings. The van der Waals surface area contributed by atoms with E-state index in [0.717, 1.165) is 31.7 Å². The van der Waals surface area contributed by atoms with Gasteiger partial charge in [-0.2, -0.15) is 0 Å². The molecule has 0 heterocycles. The molecule has 0 spiro atoms. The molecule has 0 aliphatic carbocycles. The van der Waals surface area contributed by atoms with Crippen LogP contribution in [0.15, 0.2) is 24.3 Å². The number of methoxy groups -OCH3 is 1. The summed E-state index contributed by atoms with van der Waals surface area (Å²) in [6, 6.07) is 8.83. The van der Waals surface area contributed by atoms with Gasteiger partial charge in [0.25, 0.3) is 0 Å². The summed E-state index contributed by atoms with van der Waals surface area (Å²) in [6.45, 7) is 4.08. The third-order valence-corrected chi connectivity index (χ3v) is 3.16. The smallest absolute Gasteiger partial charge is 0.118 e. The van der Waals surface area contributed by atoms with E-state index >= 15 is 0 Å². The minimum atomic E-state index is 0.537. The molecule has 3 nitrogen and oxygen atoms in total. The van der Waals surface area contributed by atoms with Crippen molar-refractivity contribution in [3.63, 3.8) is 0 Å². The van der Waals surface area contributed by atoms with Crippen LogP contribution in [0, 0.1) is 0 Å². The minimum absolute atomic E-state index is 0.537. The van der Waals surface area contributed by atoms with E-state index in [9.17, 15) is 0 Å². The van der Waals surface area contributed by atoms with E-state index in [0.29, 0.717) is 6.04 Å². The van der Waals surface area contributed by atoms with Crippen molar-refractivity contribution >= 4 is 0 Å². The Morgan fingerprint density at radius 3 is 2.47 bits per heavy atom. The van der Waals surface area contributed by atoms with E-state index in [-0.39, 0.29) is 0 Å². The molecule has 2 N–H and O–H groups in total. The first-order chi connectivity index (χ1) is 8.17. The van der Waals surface area contributed by atoms with Gasteiger partial charge in [-0.1, -0.05) is 12.1 Å². The number of benzene rings is 1. The number of hydrogen-bond acceptors (Lipinski definition) is 3. The second-order valence-corrected chi connectivity index (χ2v) is 4.52. The van der Waals surface area contributed by atoms with Gasteiger partial charge in [-0.15, -0.1) is 0 Å². The highest BCUT2D eigenvalue weighted by Gasteiger charge is 2.09. The summed E-state index contributed by atoms with van der Waals surface area (Å²) >= 11 is 0. The van der Waals surface area contributed by atoms with Crippen molar-refractivity contribution in [1.29, 1.82) is 0 Å². The average Bonchev–Trinajstić information content (AvgIpc) is 2.36. The standard InChI is InChI=1S/C14H24N2O/c1-12(16(2)10-4-9-15)11-13-5-7-14(17-3)8-6-13/h5-8,12H,4,9-11,15H2,1-3H3. The number of likely N-dealkylation sites (N-methyl/N-ethyl adjacent to an activating group) is 1. The Hall–Kier alpha value is -1.06. The fourth-order valence-electron chi connectivity index (χ4n) is 1.82. The summed E-state index contributed by atoms with van der Waals surface area (Å²) in [5.74, 6) is 0.915. The highest BCUT2D eigenvalue weighted by Crippen LogP contribution is 2.14. The molecular weight excluding hydrogens is 212 g/mol. The molecule has 1 atom stereocenters. The summed E-state index contributed by atoms with van der Waals surface area (Å²) < 4.78 is 5.15. The van der Waals surface area contributed by atoms with Crippen molar-refractivity contribution < 1.29 is 4.74 Å². The maximum Gasteiger partial charge on any atom is 0.118 e. The Bertz CT molecular complexity index is 311. The molecule has 0 aliphatic rings. The average molecular weight is 236 g/mol. The van der Waals surface area contributed by atoms with Crippen molar-refractivity contribution in [1.82, 2.24) is 4.90 Å². The topological polar surface area (TPSA) is 38.5 Å². The fourth-order valence-corrected chi connectivity index (χ4v) is 1.82. The van der Waals surface area contributed by atoms with Crippen molar-refractivity contribution in [3.8, 4) is 5.75 Å². The van der Waals surface area contributed by atoms with Gasteiger partial charge in [0.05, 0.1) is 7.11 Å². The van der Waals surface area contributed by atoms with Gasteiger partial charge in [0.15, 0.2) is 0 Å². The Morgan fingerprint density at radius 2 is 1.94 bits per heavy atom. The largest absolute Gasteiger partial charge is 0.497 e. The second kappa shape index (κ2) is 7.30. The normalized spacial score (nSPS) is 12.8. The number of rotatable bonds is 7. The zero-order chi connectivity index (χ0) is 12.7. The molecule has 0 radical (unpaired) electrons. The molecule has 1 aromatic carbocycles. The highest BCUT2D eigenvalue weighted by atomic mass is 16.5. The fraction of sp³-hybridized carbons (Fsp3) is 0.571. The van der Waals surface area contributed by atoms with Crippen LogP contribution in [0.1, 0.15) is 18.9 Å². The van der Waals surface area contributed by atoms with Crippen molar-refractivity contribution in [2.75, 3.05) is 27.2 Å². The predicted molar refractivity (Wildman–Crippen MR) is 72.5 cm³/mol. The SMILES string of the molecule is COc1ccc(CC(C)N(C)CCCN)cc1. The molecule has 0 saturated heterocycles. The molecule has 0 aromatic heterocycles. The highest BCUT2D eigenvalue weighted by molar-refractivity contribution is 5.27. The van der Waals surface area contributed by atoms with Gasteiger partial charge >= 0.3 is 0 Å². The second-order valence-electron chi connectivity index (χ2n) is 4.52. The monoisotopic (exact) mass is 236 g/mol. The Balaban J connectivity index is 2.46. The van der Waals surface area contributed by atoms with Crippen LogP contribution < -0.4 is 10.5 Å². The van der Waals surface area contributed by atoms with Crippen LogP contribution in [0.25, 0.3) is 0 Å². The maximum absolute atomic E-state index is 5.52. The van der Waals surface area contributed by atoms with Gasteiger partial charge in [0.2, 0.25) is 0 Å². The third-order valence-electron chi connectivity index (χ3n) is 3.16. The van der Waals surface area contributed by atoms with E-state index in [1.807, 2.05) is 12.1 Å². The van der Waals surface area contributed by atoms with Crippen molar-refractivity contribution in [2.45, 2.75) is 25.8 Å². The molecule has 0 saturated carbocycles. The lowest BCUT2D eigenvalue weighted by Crippen LogP contribution is -2.32. The van der Waals surface area contributed by atoms with Crippen molar-refractivity contribution in [2.24, 2.45) is 5.73 Å². The zero-order valence-corrected chi connectivity index (χ0v) is 11.1. The number of hydrogen-bond donors (Lipinski definition) is 1. The lowest BCUT2D eigenvalue weighted by Gasteiger charge is -2.24. The van der Waals surface area contributed by atoms with Crippen LogP contribution in [0.5, 0.6) is 5.75 Å². The molecule has 3 heteroatoms. The number of ether oxygens (including phenoxy) is 1. The summed E-state index contributed by atoms with van der Waals surface area (Å²) in [5.41, 5.74) is 6.87. The van der Waals surface area contributed by atoms with Crippen LogP contribution in [-0.2, 0) is 6.42 Å².